The number of rotatable bonds is 5. The van der Waals surface area contributed by atoms with Crippen LogP contribution in [-0.2, 0) is 14.3 Å². The van der Waals surface area contributed by atoms with Crippen molar-refractivity contribution in [3.63, 3.8) is 0 Å². The summed E-state index contributed by atoms with van der Waals surface area (Å²) in [4.78, 5) is 36.2. The third-order valence-electron chi connectivity index (χ3n) is 14.3. The standard InChI is InChI=1S/C33H53NO6/c1-19(2)20-10-15-33(27(37)38)17-16-31(6)21(26(20)33)8-9-23-30(5)13-12-24(40-28(39)34-18-25(35)36)29(3,4)22(30)11-14-32(23,31)7/h19-24,26H,8-18H2,1-7H3,(H,34,39)(H,35,36)(H,37,38)/t20-,21?,22?,23?,24+,26?,30-,31+,32+,33-/m0/s1. The lowest BCUT2D eigenvalue weighted by Crippen LogP contribution is -2.67. The summed E-state index contributed by atoms with van der Waals surface area (Å²) in [7, 11) is 0. The van der Waals surface area contributed by atoms with Gasteiger partial charge in [0.25, 0.3) is 0 Å². The van der Waals surface area contributed by atoms with Gasteiger partial charge in [-0.2, -0.15) is 0 Å². The lowest BCUT2D eigenvalue weighted by atomic mass is 9.32. The minimum atomic E-state index is -1.08. The molecule has 0 aromatic heterocycles. The number of carboxylic acids is 2. The van der Waals surface area contributed by atoms with Gasteiger partial charge >= 0.3 is 18.0 Å². The normalized spacial score (nSPS) is 47.3. The first-order chi connectivity index (χ1) is 18.5. The third-order valence-corrected chi connectivity index (χ3v) is 14.3. The summed E-state index contributed by atoms with van der Waals surface area (Å²) in [5, 5.41) is 21.9. The lowest BCUT2D eigenvalue weighted by molar-refractivity contribution is -0.249. The molecule has 40 heavy (non-hydrogen) atoms. The van der Waals surface area contributed by atoms with Crippen LogP contribution in [0.1, 0.15) is 113 Å². The van der Waals surface area contributed by atoms with Crippen molar-refractivity contribution in [2.24, 2.45) is 62.6 Å². The quantitative estimate of drug-likeness (QED) is 0.335. The van der Waals surface area contributed by atoms with Crippen LogP contribution in [0, 0.1) is 62.6 Å². The fourth-order valence-electron chi connectivity index (χ4n) is 12.3. The maximum Gasteiger partial charge on any atom is 0.407 e. The second-order valence-corrected chi connectivity index (χ2v) is 16.1. The largest absolute Gasteiger partial charge is 0.481 e. The van der Waals surface area contributed by atoms with Crippen LogP contribution in [0.25, 0.3) is 0 Å². The Morgan fingerprint density at radius 2 is 1.52 bits per heavy atom. The fourth-order valence-corrected chi connectivity index (χ4v) is 12.3. The van der Waals surface area contributed by atoms with Crippen LogP contribution < -0.4 is 5.32 Å². The van der Waals surface area contributed by atoms with E-state index in [0.29, 0.717) is 29.6 Å². The van der Waals surface area contributed by atoms with Gasteiger partial charge in [0.15, 0.2) is 0 Å². The lowest BCUT2D eigenvalue weighted by Gasteiger charge is -2.72. The predicted octanol–water partition coefficient (Wildman–Crippen LogP) is 6.99. The van der Waals surface area contributed by atoms with Gasteiger partial charge in [-0.1, -0.05) is 48.5 Å². The highest BCUT2D eigenvalue weighted by molar-refractivity contribution is 5.77. The summed E-state index contributed by atoms with van der Waals surface area (Å²) in [5.41, 5.74) is -0.359. The van der Waals surface area contributed by atoms with Crippen molar-refractivity contribution in [3.8, 4) is 0 Å². The van der Waals surface area contributed by atoms with Crippen LogP contribution in [0.5, 0.6) is 0 Å². The zero-order valence-corrected chi connectivity index (χ0v) is 25.8. The smallest absolute Gasteiger partial charge is 0.407 e. The Hall–Kier alpha value is -1.79. The second-order valence-electron chi connectivity index (χ2n) is 16.1. The van der Waals surface area contributed by atoms with E-state index in [4.69, 9.17) is 9.84 Å². The maximum absolute atomic E-state index is 12.9. The van der Waals surface area contributed by atoms with Gasteiger partial charge in [0.2, 0.25) is 0 Å². The molecular weight excluding hydrogens is 506 g/mol. The van der Waals surface area contributed by atoms with Crippen molar-refractivity contribution in [2.45, 2.75) is 119 Å². The molecule has 0 bridgehead atoms. The molecule has 0 aromatic rings. The first-order valence-electron chi connectivity index (χ1n) is 15.9. The number of ether oxygens (including phenoxy) is 1. The molecule has 0 aromatic carbocycles. The Kier molecular flexibility index (Phi) is 7.14. The van der Waals surface area contributed by atoms with E-state index in [-0.39, 0.29) is 33.7 Å². The molecule has 5 aliphatic carbocycles. The summed E-state index contributed by atoms with van der Waals surface area (Å²) < 4.78 is 5.86. The van der Waals surface area contributed by atoms with Crippen LogP contribution >= 0.6 is 0 Å². The molecule has 0 radical (unpaired) electrons. The molecule has 0 aliphatic heterocycles. The van der Waals surface area contributed by atoms with Gasteiger partial charge in [0.1, 0.15) is 12.6 Å². The van der Waals surface area contributed by atoms with Gasteiger partial charge in [0, 0.05) is 5.41 Å². The highest BCUT2D eigenvalue weighted by Gasteiger charge is 2.72. The van der Waals surface area contributed by atoms with Gasteiger partial charge in [-0.3, -0.25) is 9.59 Å². The summed E-state index contributed by atoms with van der Waals surface area (Å²) in [6.45, 7) is 16.3. The van der Waals surface area contributed by atoms with Crippen LogP contribution in [0.2, 0.25) is 0 Å². The molecule has 7 nitrogen and oxygen atoms in total. The average molecular weight is 560 g/mol. The molecule has 10 atom stereocenters. The molecule has 7 heteroatoms. The molecule has 226 valence electrons. The van der Waals surface area contributed by atoms with Crippen molar-refractivity contribution >= 4 is 18.0 Å². The third kappa shape index (κ3) is 3.98. The van der Waals surface area contributed by atoms with E-state index in [1.807, 2.05) is 0 Å². The van der Waals surface area contributed by atoms with Crippen molar-refractivity contribution in [2.75, 3.05) is 6.54 Å². The topological polar surface area (TPSA) is 113 Å². The minimum Gasteiger partial charge on any atom is -0.481 e. The fraction of sp³-hybridized carbons (Fsp3) is 0.909. The van der Waals surface area contributed by atoms with E-state index < -0.39 is 30.0 Å². The van der Waals surface area contributed by atoms with Crippen LogP contribution in [-0.4, -0.2) is 40.9 Å². The van der Waals surface area contributed by atoms with Crippen LogP contribution in [0.4, 0.5) is 4.79 Å². The molecule has 0 heterocycles. The molecule has 5 fully saturated rings. The Balaban J connectivity index is 1.43. The zero-order chi connectivity index (χ0) is 29.5. The van der Waals surface area contributed by atoms with Crippen LogP contribution in [0.15, 0.2) is 0 Å². The molecule has 1 amide bonds. The van der Waals surface area contributed by atoms with Crippen molar-refractivity contribution in [1.29, 1.82) is 0 Å². The number of carbonyl (C=O) groups is 3. The Bertz CT molecular complexity index is 1060. The predicted molar refractivity (Wildman–Crippen MR) is 153 cm³/mol. The van der Waals surface area contributed by atoms with Crippen molar-refractivity contribution in [1.82, 2.24) is 5.32 Å². The van der Waals surface area contributed by atoms with Gasteiger partial charge < -0.3 is 20.3 Å². The number of amides is 1. The number of aliphatic carboxylic acids is 2. The van der Waals surface area contributed by atoms with Gasteiger partial charge in [-0.05, 0) is 116 Å². The summed E-state index contributed by atoms with van der Waals surface area (Å²) >= 11 is 0. The molecule has 0 saturated heterocycles. The summed E-state index contributed by atoms with van der Waals surface area (Å²) in [6, 6.07) is 0. The number of hydrogen-bond acceptors (Lipinski definition) is 4. The molecule has 5 saturated carbocycles. The molecule has 3 N–H and O–H groups in total. The number of alkyl carbamates (subject to hydrolysis) is 1. The van der Waals surface area contributed by atoms with Crippen molar-refractivity contribution < 1.29 is 29.3 Å². The van der Waals surface area contributed by atoms with E-state index in [1.165, 1.54) is 0 Å². The first kappa shape index (κ1) is 29.7. The molecule has 5 rings (SSSR count). The number of nitrogens with one attached hydrogen (secondary N) is 1. The number of fused-ring (bicyclic) bond motifs is 7. The maximum atomic E-state index is 12.9. The number of carboxylic acid groups (broad SMARTS) is 2. The van der Waals surface area contributed by atoms with Crippen molar-refractivity contribution in [3.05, 3.63) is 0 Å². The minimum absolute atomic E-state index is 0.121. The average Bonchev–Trinajstić information content (AvgIpc) is 3.26. The van der Waals surface area contributed by atoms with Gasteiger partial charge in [0.05, 0.1) is 5.41 Å². The summed E-state index contributed by atoms with van der Waals surface area (Å²) in [5.74, 6) is 1.07. The molecule has 0 spiro atoms. The number of hydrogen-bond donors (Lipinski definition) is 3. The van der Waals surface area contributed by atoms with E-state index in [2.05, 4.69) is 53.8 Å². The monoisotopic (exact) mass is 559 g/mol. The van der Waals surface area contributed by atoms with Gasteiger partial charge in [-0.15, -0.1) is 0 Å². The number of carbonyl (C=O) groups excluding carboxylic acids is 1. The van der Waals surface area contributed by atoms with E-state index in [1.54, 1.807) is 0 Å². The molecule has 5 aliphatic rings. The Morgan fingerprint density at radius 1 is 0.825 bits per heavy atom. The Morgan fingerprint density at radius 3 is 2.15 bits per heavy atom. The summed E-state index contributed by atoms with van der Waals surface area (Å²) in [6.07, 6.45) is 9.11. The SMILES string of the molecule is CC(C)[C@@H]1CC[C@]2(C(=O)O)CC[C@]3(C)C(CCC4[C@@]5(C)CC[C@@H](OC(=O)NCC(=O)O)C(C)(C)C5CC[C@]43C)C12. The second kappa shape index (κ2) is 9.62. The van der Waals surface area contributed by atoms with E-state index in [0.717, 1.165) is 64.2 Å². The van der Waals surface area contributed by atoms with E-state index in [9.17, 15) is 19.5 Å². The van der Waals surface area contributed by atoms with Gasteiger partial charge in [-0.25, -0.2) is 4.79 Å². The van der Waals surface area contributed by atoms with E-state index >= 15 is 0 Å². The first-order valence-corrected chi connectivity index (χ1v) is 15.9. The molecule has 4 unspecified atom stereocenters. The Labute approximate surface area is 240 Å². The molecular formula is C33H53NO6. The highest BCUT2D eigenvalue weighted by atomic mass is 16.6. The zero-order valence-electron chi connectivity index (χ0n) is 25.8. The van der Waals surface area contributed by atoms with Crippen LogP contribution in [0.3, 0.4) is 0 Å². The highest BCUT2D eigenvalue weighted by Crippen LogP contribution is 2.77.